The van der Waals surface area contributed by atoms with Crippen molar-refractivity contribution in [2.45, 2.75) is 30.5 Å². The van der Waals surface area contributed by atoms with E-state index >= 15 is 0 Å². The van der Waals surface area contributed by atoms with Gasteiger partial charge in [-0.05, 0) is 25.5 Å². The van der Waals surface area contributed by atoms with Crippen LogP contribution in [0.5, 0.6) is 0 Å². The van der Waals surface area contributed by atoms with E-state index in [4.69, 9.17) is 11.6 Å². The SMILES string of the molecule is CSc1ncc(Cl)c(C(=O)N2CCC3(CC2)CC(O)CN(C)C3=O)n1. The summed E-state index contributed by atoms with van der Waals surface area (Å²) >= 11 is 7.44. The maximum atomic E-state index is 12.8. The first kappa shape index (κ1) is 18.4. The molecule has 1 aromatic rings. The van der Waals surface area contributed by atoms with Crippen molar-refractivity contribution in [3.05, 3.63) is 16.9 Å². The monoisotopic (exact) mass is 384 g/mol. The largest absolute Gasteiger partial charge is 0.391 e. The Morgan fingerprint density at radius 3 is 2.76 bits per heavy atom. The number of carbonyl (C=O) groups is 2. The highest BCUT2D eigenvalue weighted by atomic mass is 35.5. The van der Waals surface area contributed by atoms with Gasteiger partial charge in [-0.2, -0.15) is 0 Å². The molecule has 0 saturated carbocycles. The molecule has 1 aromatic heterocycles. The van der Waals surface area contributed by atoms with Crippen molar-refractivity contribution in [2.24, 2.45) is 5.41 Å². The van der Waals surface area contributed by atoms with E-state index < -0.39 is 11.5 Å². The lowest BCUT2D eigenvalue weighted by Gasteiger charge is -2.46. The number of carbonyl (C=O) groups excluding carboxylic acids is 2. The van der Waals surface area contributed by atoms with E-state index in [2.05, 4.69) is 9.97 Å². The highest BCUT2D eigenvalue weighted by Crippen LogP contribution is 2.41. The second-order valence-electron chi connectivity index (χ2n) is 6.67. The Labute approximate surface area is 155 Å². The summed E-state index contributed by atoms with van der Waals surface area (Å²) in [6, 6.07) is 0. The molecule has 2 aliphatic rings. The molecule has 0 radical (unpaired) electrons. The molecule has 0 aromatic carbocycles. The normalized spacial score (nSPS) is 23.2. The summed E-state index contributed by atoms with van der Waals surface area (Å²) in [5.41, 5.74) is -0.368. The molecule has 2 fully saturated rings. The zero-order valence-electron chi connectivity index (χ0n) is 14.2. The van der Waals surface area contributed by atoms with Gasteiger partial charge in [-0.15, -0.1) is 0 Å². The number of piperidine rings is 2. The smallest absolute Gasteiger partial charge is 0.274 e. The van der Waals surface area contributed by atoms with Crippen molar-refractivity contribution in [1.82, 2.24) is 19.8 Å². The standard InChI is InChI=1S/C16H21ClN4O3S/c1-20-9-10(22)7-16(14(20)24)3-5-21(6-4-16)13(23)12-11(17)8-18-15(19-12)25-2/h8,10,22H,3-7,9H2,1-2H3. The van der Waals surface area contributed by atoms with Crippen molar-refractivity contribution in [2.75, 3.05) is 32.9 Å². The van der Waals surface area contributed by atoms with E-state index in [1.807, 2.05) is 6.26 Å². The van der Waals surface area contributed by atoms with Crippen LogP contribution in [-0.2, 0) is 4.79 Å². The number of hydrogen-bond acceptors (Lipinski definition) is 6. The molecule has 1 N–H and O–H groups in total. The van der Waals surface area contributed by atoms with Crippen LogP contribution >= 0.6 is 23.4 Å². The predicted octanol–water partition coefficient (Wildman–Crippen LogP) is 1.30. The third-order valence-electron chi connectivity index (χ3n) is 5.03. The Morgan fingerprint density at radius 2 is 2.12 bits per heavy atom. The highest BCUT2D eigenvalue weighted by molar-refractivity contribution is 7.98. The van der Waals surface area contributed by atoms with E-state index in [1.54, 1.807) is 16.8 Å². The molecule has 2 aliphatic heterocycles. The van der Waals surface area contributed by atoms with Gasteiger partial charge in [0.2, 0.25) is 5.91 Å². The van der Waals surface area contributed by atoms with Crippen LogP contribution in [0.15, 0.2) is 11.4 Å². The van der Waals surface area contributed by atoms with Crippen LogP contribution in [0.1, 0.15) is 29.8 Å². The average Bonchev–Trinajstić information content (AvgIpc) is 2.60. The first-order chi connectivity index (χ1) is 11.9. The molecule has 2 amide bonds. The van der Waals surface area contributed by atoms with Crippen molar-refractivity contribution in [3.8, 4) is 0 Å². The second-order valence-corrected chi connectivity index (χ2v) is 7.85. The third-order valence-corrected chi connectivity index (χ3v) is 5.86. The highest BCUT2D eigenvalue weighted by Gasteiger charge is 2.48. The molecule has 3 rings (SSSR count). The van der Waals surface area contributed by atoms with Crippen molar-refractivity contribution in [1.29, 1.82) is 0 Å². The summed E-state index contributed by atoms with van der Waals surface area (Å²) in [5, 5.41) is 10.8. The first-order valence-corrected chi connectivity index (χ1v) is 9.76. The lowest BCUT2D eigenvalue weighted by Crippen LogP contribution is -2.56. The van der Waals surface area contributed by atoms with Gasteiger partial charge in [-0.3, -0.25) is 9.59 Å². The van der Waals surface area contributed by atoms with Gasteiger partial charge in [-0.1, -0.05) is 23.4 Å². The van der Waals surface area contributed by atoms with Crippen molar-refractivity contribution in [3.63, 3.8) is 0 Å². The molecular weight excluding hydrogens is 364 g/mol. The number of likely N-dealkylation sites (N-methyl/N-ethyl adjacent to an activating group) is 1. The van der Waals surface area contributed by atoms with E-state index in [0.29, 0.717) is 44.1 Å². The number of aromatic nitrogens is 2. The Morgan fingerprint density at radius 1 is 1.44 bits per heavy atom. The Kier molecular flexibility index (Phi) is 5.22. The molecule has 1 unspecified atom stereocenters. The molecule has 1 spiro atoms. The number of thioether (sulfide) groups is 1. The van der Waals surface area contributed by atoms with E-state index in [1.165, 1.54) is 18.0 Å². The van der Waals surface area contributed by atoms with Gasteiger partial charge in [0, 0.05) is 26.7 Å². The molecular formula is C16H21ClN4O3S. The molecule has 9 heteroatoms. The number of likely N-dealkylation sites (tertiary alicyclic amines) is 2. The number of aliphatic hydroxyl groups excluding tert-OH is 1. The summed E-state index contributed by atoms with van der Waals surface area (Å²) in [6.45, 7) is 1.26. The Balaban J connectivity index is 1.74. The van der Waals surface area contributed by atoms with Gasteiger partial charge in [0.1, 0.15) is 0 Å². The summed E-state index contributed by atoms with van der Waals surface area (Å²) in [7, 11) is 1.72. The fourth-order valence-electron chi connectivity index (χ4n) is 3.71. The molecule has 3 heterocycles. The van der Waals surface area contributed by atoms with Crippen LogP contribution in [0.25, 0.3) is 0 Å². The molecule has 1 atom stereocenters. The van der Waals surface area contributed by atoms with E-state index in [9.17, 15) is 14.7 Å². The molecule has 0 bridgehead atoms. The van der Waals surface area contributed by atoms with Crippen molar-refractivity contribution >= 4 is 35.2 Å². The van der Waals surface area contributed by atoms with Crippen LogP contribution < -0.4 is 0 Å². The van der Waals surface area contributed by atoms with Gasteiger partial charge in [0.25, 0.3) is 5.91 Å². The molecule has 136 valence electrons. The number of halogens is 1. The number of hydrogen-bond donors (Lipinski definition) is 1. The van der Waals surface area contributed by atoms with Gasteiger partial charge in [-0.25, -0.2) is 9.97 Å². The number of nitrogens with zero attached hydrogens (tertiary/aromatic N) is 4. The molecule has 2 saturated heterocycles. The lowest BCUT2D eigenvalue weighted by atomic mass is 9.71. The minimum Gasteiger partial charge on any atom is -0.391 e. The van der Waals surface area contributed by atoms with Crippen molar-refractivity contribution < 1.29 is 14.7 Å². The van der Waals surface area contributed by atoms with Gasteiger partial charge < -0.3 is 14.9 Å². The average molecular weight is 385 g/mol. The molecule has 0 aliphatic carbocycles. The Bertz CT molecular complexity index is 694. The summed E-state index contributed by atoms with van der Waals surface area (Å²) < 4.78 is 0. The zero-order valence-corrected chi connectivity index (χ0v) is 15.8. The maximum absolute atomic E-state index is 12.8. The summed E-state index contributed by atoms with van der Waals surface area (Å²) in [4.78, 5) is 36.9. The minimum atomic E-state index is -0.566. The zero-order chi connectivity index (χ0) is 18.2. The number of rotatable bonds is 2. The number of amides is 2. The third kappa shape index (κ3) is 3.47. The fraction of sp³-hybridized carbons (Fsp3) is 0.625. The number of aliphatic hydroxyl groups is 1. The number of β-amino-alcohol motifs (C(OH)–C–C–N with tert-alkyl or cyclic N) is 1. The van der Waals surface area contributed by atoms with Crippen LogP contribution in [0, 0.1) is 5.41 Å². The second kappa shape index (κ2) is 7.09. The quantitative estimate of drug-likeness (QED) is 0.611. The summed E-state index contributed by atoms with van der Waals surface area (Å²) in [5.74, 6) is -0.177. The van der Waals surface area contributed by atoms with Crippen LogP contribution in [-0.4, -0.2) is 75.7 Å². The van der Waals surface area contributed by atoms with Crippen LogP contribution in [0.4, 0.5) is 0 Å². The van der Waals surface area contributed by atoms with Gasteiger partial charge >= 0.3 is 0 Å². The van der Waals surface area contributed by atoms with Crippen LogP contribution in [0.2, 0.25) is 5.02 Å². The minimum absolute atomic E-state index is 0.0645. The maximum Gasteiger partial charge on any atom is 0.274 e. The summed E-state index contributed by atoms with van der Waals surface area (Å²) in [6.07, 6.45) is 4.30. The Hall–Kier alpha value is -1.38. The topological polar surface area (TPSA) is 86.6 Å². The lowest BCUT2D eigenvalue weighted by molar-refractivity contribution is -0.154. The first-order valence-electron chi connectivity index (χ1n) is 8.16. The fourth-order valence-corrected chi connectivity index (χ4v) is 4.22. The van der Waals surface area contributed by atoms with E-state index in [-0.39, 0.29) is 22.5 Å². The van der Waals surface area contributed by atoms with E-state index in [0.717, 1.165) is 0 Å². The van der Waals surface area contributed by atoms with Crippen LogP contribution in [0.3, 0.4) is 0 Å². The van der Waals surface area contributed by atoms with Gasteiger partial charge in [0.05, 0.1) is 22.7 Å². The predicted molar refractivity (Wildman–Crippen MR) is 94.7 cm³/mol. The molecule has 7 nitrogen and oxygen atoms in total. The van der Waals surface area contributed by atoms with Gasteiger partial charge in [0.15, 0.2) is 10.9 Å². The molecule has 25 heavy (non-hydrogen) atoms.